The Morgan fingerprint density at radius 2 is 1.38 bits per heavy atom. The average Bonchev–Trinajstić information content (AvgIpc) is 3.43. The van der Waals surface area contributed by atoms with Crippen molar-refractivity contribution in [1.29, 1.82) is 0 Å². The van der Waals surface area contributed by atoms with Gasteiger partial charge in [-0.3, -0.25) is 0 Å². The third kappa shape index (κ3) is 4.88. The van der Waals surface area contributed by atoms with Crippen LogP contribution in [0.25, 0.3) is 27.9 Å². The molecule has 3 aromatic carbocycles. The smallest absolute Gasteiger partial charge is 0.208 e. The van der Waals surface area contributed by atoms with Gasteiger partial charge < -0.3 is 9.97 Å². The van der Waals surface area contributed by atoms with Crippen molar-refractivity contribution in [2.45, 2.75) is 14.7 Å². The molecule has 6 nitrogen and oxygen atoms in total. The second-order valence-electron chi connectivity index (χ2n) is 7.37. The van der Waals surface area contributed by atoms with E-state index in [0.29, 0.717) is 25.5 Å². The van der Waals surface area contributed by atoms with Gasteiger partial charge in [0.05, 0.1) is 14.7 Å². The van der Waals surface area contributed by atoms with Crippen molar-refractivity contribution in [2.75, 3.05) is 0 Å². The summed E-state index contributed by atoms with van der Waals surface area (Å²) in [7, 11) is -4.88. The van der Waals surface area contributed by atoms with E-state index in [4.69, 9.17) is 0 Å². The Hall–Kier alpha value is -2.71. The highest BCUT2D eigenvalue weighted by molar-refractivity contribution is 9.10. The maximum Gasteiger partial charge on any atom is 0.208 e. The molecule has 2 aromatic heterocycles. The summed E-state index contributed by atoms with van der Waals surface area (Å²) in [6.45, 7) is 3.71. The molecule has 2 N–H and O–H groups in total. The molecule has 2 heterocycles. The number of fused-ring (bicyclic) bond motifs is 2. The van der Waals surface area contributed by atoms with Gasteiger partial charge in [-0.05, 0) is 44.3 Å². The second-order valence-corrected chi connectivity index (χ2v) is 13.6. The maximum absolute atomic E-state index is 12.6. The first-order valence-electron chi connectivity index (χ1n) is 9.94. The zero-order valence-electron chi connectivity index (χ0n) is 17.7. The van der Waals surface area contributed by atoms with Crippen molar-refractivity contribution < 1.29 is 16.8 Å². The van der Waals surface area contributed by atoms with E-state index in [2.05, 4.69) is 32.5 Å². The summed E-state index contributed by atoms with van der Waals surface area (Å²) in [6, 6.07) is 19.4. The molecule has 1 unspecified atom stereocenters. The summed E-state index contributed by atoms with van der Waals surface area (Å²) in [5, 5.41) is 1.41. The first kappa shape index (κ1) is 24.4. The quantitative estimate of drug-likeness (QED) is 0.252. The molecular weight excluding hydrogens is 555 g/mol. The highest BCUT2D eigenvalue weighted by Crippen LogP contribution is 2.29. The average molecular weight is 575 g/mol. The fourth-order valence-electron chi connectivity index (χ4n) is 3.50. The van der Waals surface area contributed by atoms with Crippen LogP contribution in [0.5, 0.6) is 0 Å². The number of rotatable bonds is 4. The lowest BCUT2D eigenvalue weighted by molar-refractivity contribution is 0.597. The predicted octanol–water partition coefficient (Wildman–Crippen LogP) is 6.14. The Labute approximate surface area is 208 Å². The van der Waals surface area contributed by atoms with Crippen LogP contribution in [-0.4, -0.2) is 26.8 Å². The summed E-state index contributed by atoms with van der Waals surface area (Å²) in [5.74, 6) is 0. The number of hydrogen-bond acceptors (Lipinski definition) is 4. The lowest BCUT2D eigenvalue weighted by atomic mass is 10.2. The van der Waals surface area contributed by atoms with Crippen LogP contribution in [-0.2, 0) is 19.3 Å². The number of sulfone groups is 1. The van der Waals surface area contributed by atoms with Crippen molar-refractivity contribution in [3.63, 3.8) is 0 Å². The summed E-state index contributed by atoms with van der Waals surface area (Å²) >= 11 is 3.32. The van der Waals surface area contributed by atoms with Crippen molar-refractivity contribution in [1.82, 2.24) is 9.97 Å². The molecular formula is C24H20BrN2O4PS2. The van der Waals surface area contributed by atoms with Gasteiger partial charge in [-0.25, -0.2) is 16.8 Å². The predicted molar refractivity (Wildman–Crippen MR) is 143 cm³/mol. The molecule has 0 aliphatic heterocycles. The SMILES string of the molecule is C=Cc1ccc2c(S(=O)(=O)c3ccccc3)c[nH]c2c1.O=S(=O)(P)c1c[nH]c2cc(Br)ccc12. The Morgan fingerprint density at radius 3 is 2.03 bits per heavy atom. The number of benzene rings is 3. The third-order valence-corrected chi connectivity index (χ3v) is 9.17. The van der Waals surface area contributed by atoms with E-state index in [-0.39, 0.29) is 0 Å². The largest absolute Gasteiger partial charge is 0.360 e. The van der Waals surface area contributed by atoms with Crippen molar-refractivity contribution in [3.05, 3.63) is 95.7 Å². The number of aromatic amines is 2. The lowest BCUT2D eigenvalue weighted by Gasteiger charge is -2.03. The molecule has 0 bridgehead atoms. The van der Waals surface area contributed by atoms with E-state index in [1.807, 2.05) is 32.7 Å². The standard InChI is InChI=1S/C16H13NO2S.C8H7BrNO2PS/c1-2-12-8-9-14-15(10-12)17-11-16(14)20(18,19)13-6-4-3-5-7-13;9-5-1-2-6-7(3-5)10-4-8(6)14(11,12)13/h2-11,17H,1H2;1-4,10H,13H2. The molecule has 34 heavy (non-hydrogen) atoms. The van der Waals surface area contributed by atoms with Gasteiger partial charge >= 0.3 is 0 Å². The molecule has 0 spiro atoms. The Morgan fingerprint density at radius 1 is 0.794 bits per heavy atom. The molecule has 0 saturated heterocycles. The van der Waals surface area contributed by atoms with Crippen molar-refractivity contribution in [2.24, 2.45) is 0 Å². The first-order chi connectivity index (χ1) is 16.1. The van der Waals surface area contributed by atoms with Crippen molar-refractivity contribution in [3.8, 4) is 0 Å². The van der Waals surface area contributed by atoms with E-state index in [9.17, 15) is 16.8 Å². The van der Waals surface area contributed by atoms with E-state index in [0.717, 1.165) is 21.1 Å². The molecule has 0 aliphatic carbocycles. The number of nitrogens with one attached hydrogen (secondary N) is 2. The molecule has 0 saturated carbocycles. The van der Waals surface area contributed by atoms with E-state index in [1.165, 1.54) is 6.20 Å². The zero-order chi connectivity index (χ0) is 24.5. The monoisotopic (exact) mass is 574 g/mol. The van der Waals surface area contributed by atoms with Crippen molar-refractivity contribution >= 4 is 71.5 Å². The summed E-state index contributed by atoms with van der Waals surface area (Å²) < 4.78 is 48.8. The first-order valence-corrected chi connectivity index (χ1v) is 15.2. The number of H-pyrrole nitrogens is 2. The van der Waals surface area contributed by atoms with Gasteiger partial charge in [0.25, 0.3) is 0 Å². The van der Waals surface area contributed by atoms with Crippen LogP contribution >= 0.6 is 24.4 Å². The van der Waals surface area contributed by atoms with Gasteiger partial charge in [-0.2, -0.15) is 0 Å². The highest BCUT2D eigenvalue weighted by Gasteiger charge is 2.21. The van der Waals surface area contributed by atoms with Gasteiger partial charge in [0.15, 0.2) is 9.46 Å². The zero-order valence-corrected chi connectivity index (χ0v) is 22.1. The Bertz CT molecular complexity index is 1730. The van der Waals surface area contributed by atoms with Gasteiger partial charge in [0, 0.05) is 38.7 Å². The molecule has 10 heteroatoms. The summed E-state index contributed by atoms with van der Waals surface area (Å²) in [5.41, 5.74) is 2.54. The lowest BCUT2D eigenvalue weighted by Crippen LogP contribution is -2.00. The molecule has 0 fully saturated rings. The van der Waals surface area contributed by atoms with Crippen LogP contribution in [0.3, 0.4) is 0 Å². The van der Waals surface area contributed by atoms with E-state index < -0.39 is 19.3 Å². The molecule has 5 rings (SSSR count). The maximum atomic E-state index is 12.6. The van der Waals surface area contributed by atoms with Crippen LogP contribution in [0, 0.1) is 0 Å². The second kappa shape index (κ2) is 9.50. The van der Waals surface area contributed by atoms with Gasteiger partial charge in [0.2, 0.25) is 9.84 Å². The number of aromatic nitrogens is 2. The molecule has 0 aliphatic rings. The molecule has 0 amide bonds. The minimum atomic E-state index is -3.50. The van der Waals surface area contributed by atoms with Crippen LogP contribution < -0.4 is 0 Å². The molecule has 5 aromatic rings. The van der Waals surface area contributed by atoms with Crippen LogP contribution in [0.4, 0.5) is 0 Å². The molecule has 0 radical (unpaired) electrons. The molecule has 174 valence electrons. The topological polar surface area (TPSA) is 99.9 Å². The van der Waals surface area contributed by atoms with Gasteiger partial charge in [-0.15, -0.1) is 0 Å². The van der Waals surface area contributed by atoms with E-state index in [1.54, 1.807) is 54.7 Å². The van der Waals surface area contributed by atoms with E-state index >= 15 is 0 Å². The third-order valence-electron chi connectivity index (χ3n) is 5.16. The highest BCUT2D eigenvalue weighted by atomic mass is 79.9. The van der Waals surface area contributed by atoms with Crippen LogP contribution in [0.2, 0.25) is 0 Å². The Balaban J connectivity index is 0.000000172. The Kier molecular flexibility index (Phi) is 6.82. The summed E-state index contributed by atoms with van der Waals surface area (Å²) in [6.07, 6.45) is 4.77. The normalized spacial score (nSPS) is 11.8. The summed E-state index contributed by atoms with van der Waals surface area (Å²) in [4.78, 5) is 6.84. The fraction of sp³-hybridized carbons (Fsp3) is 0. The minimum absolute atomic E-state index is 0.300. The van der Waals surface area contributed by atoms with Crippen LogP contribution in [0.1, 0.15) is 5.56 Å². The number of hydrogen-bond donors (Lipinski definition) is 2. The molecule has 1 atom stereocenters. The fourth-order valence-corrected chi connectivity index (χ4v) is 6.61. The number of halogens is 1. The minimum Gasteiger partial charge on any atom is -0.360 e. The van der Waals surface area contributed by atoms with Crippen LogP contribution in [0.15, 0.2) is 105 Å². The van der Waals surface area contributed by atoms with Gasteiger partial charge in [-0.1, -0.05) is 65.0 Å². The van der Waals surface area contributed by atoms with Gasteiger partial charge in [0.1, 0.15) is 0 Å².